The Balaban J connectivity index is 2.70. The summed E-state index contributed by atoms with van der Waals surface area (Å²) in [5, 5.41) is 9.33. The van der Waals surface area contributed by atoms with Gasteiger partial charge in [0.2, 0.25) is 5.43 Å². The number of rotatable bonds is 1. The predicted octanol–water partition coefficient (Wildman–Crippen LogP) is 2.09. The van der Waals surface area contributed by atoms with E-state index in [1.807, 2.05) is 0 Å². The lowest BCUT2D eigenvalue weighted by Gasteiger charge is -2.01. The van der Waals surface area contributed by atoms with Gasteiger partial charge in [-0.15, -0.1) is 0 Å². The van der Waals surface area contributed by atoms with Crippen molar-refractivity contribution in [3.05, 3.63) is 58.5 Å². The minimum absolute atomic E-state index is 0.115. The van der Waals surface area contributed by atoms with Gasteiger partial charge in [0.25, 0.3) is 0 Å². The molecule has 0 radical (unpaired) electrons. The van der Waals surface area contributed by atoms with E-state index in [2.05, 4.69) is 4.98 Å². The summed E-state index contributed by atoms with van der Waals surface area (Å²) in [7, 11) is 0. The first-order valence-corrected chi connectivity index (χ1v) is 4.72. The van der Waals surface area contributed by atoms with Gasteiger partial charge in [0.05, 0.1) is 6.20 Å². The minimum atomic E-state index is -1.09. The van der Waals surface area contributed by atoms with E-state index in [1.54, 1.807) is 0 Å². The fourth-order valence-corrected chi connectivity index (χ4v) is 1.38. The second-order valence-electron chi connectivity index (χ2n) is 3.36. The molecule has 1 N–H and O–H groups in total. The Hall–Kier alpha value is -2.30. The summed E-state index contributed by atoms with van der Waals surface area (Å²) in [4.78, 5) is 14.6. The molecule has 0 spiro atoms. The van der Waals surface area contributed by atoms with Gasteiger partial charge >= 0.3 is 0 Å². The van der Waals surface area contributed by atoms with Gasteiger partial charge in [-0.3, -0.25) is 9.78 Å². The average molecular weight is 235 g/mol. The first-order chi connectivity index (χ1) is 8.09. The van der Waals surface area contributed by atoms with Crippen LogP contribution in [0.3, 0.4) is 0 Å². The highest BCUT2D eigenvalue weighted by Crippen LogP contribution is 2.23. The van der Waals surface area contributed by atoms with Crippen molar-refractivity contribution in [2.24, 2.45) is 0 Å². The maximum Gasteiger partial charge on any atom is 0.220 e. The number of hydrogen-bond donors (Lipinski definition) is 1. The largest absolute Gasteiger partial charge is 0.504 e. The quantitative estimate of drug-likeness (QED) is 0.823. The summed E-state index contributed by atoms with van der Waals surface area (Å²) < 4.78 is 26.4. The van der Waals surface area contributed by atoms with Crippen molar-refractivity contribution in [1.82, 2.24) is 4.98 Å². The van der Waals surface area contributed by atoms with Gasteiger partial charge in [-0.25, -0.2) is 8.78 Å². The van der Waals surface area contributed by atoms with Crippen molar-refractivity contribution in [2.75, 3.05) is 0 Å². The lowest BCUT2D eigenvalue weighted by molar-refractivity contribution is 0.471. The Bertz CT molecular complexity index is 629. The fraction of sp³-hybridized carbons (Fsp3) is 0. The van der Waals surface area contributed by atoms with Crippen LogP contribution in [0, 0.1) is 11.6 Å². The van der Waals surface area contributed by atoms with E-state index in [-0.39, 0.29) is 11.1 Å². The van der Waals surface area contributed by atoms with Gasteiger partial charge in [-0.2, -0.15) is 0 Å². The Kier molecular flexibility index (Phi) is 2.82. The molecule has 1 aromatic carbocycles. The first kappa shape index (κ1) is 11.2. The van der Waals surface area contributed by atoms with Crippen LogP contribution in [0.2, 0.25) is 0 Å². The van der Waals surface area contributed by atoms with E-state index < -0.39 is 22.8 Å². The van der Waals surface area contributed by atoms with Crippen LogP contribution in [0.4, 0.5) is 8.78 Å². The van der Waals surface area contributed by atoms with Gasteiger partial charge in [0.1, 0.15) is 0 Å². The van der Waals surface area contributed by atoms with Gasteiger partial charge < -0.3 is 5.11 Å². The number of aromatic nitrogens is 1. The highest BCUT2D eigenvalue weighted by Gasteiger charge is 2.10. The molecule has 0 aliphatic rings. The normalized spacial score (nSPS) is 10.2. The smallest absolute Gasteiger partial charge is 0.220 e. The van der Waals surface area contributed by atoms with Crippen LogP contribution < -0.4 is 5.43 Å². The summed E-state index contributed by atoms with van der Waals surface area (Å²) >= 11 is 0. The van der Waals surface area contributed by atoms with Gasteiger partial charge in [-0.1, -0.05) is 12.1 Å². The highest BCUT2D eigenvalue weighted by atomic mass is 19.2. The standard InChI is InChI=1S/C12H7F2NO2/c13-9-6-15-5-8(12(9)14)7-2-1-3-10(16)11(17)4-7/h1-6H,(H,16,17). The molecule has 0 saturated heterocycles. The number of aromatic hydroxyl groups is 1. The van der Waals surface area contributed by atoms with Gasteiger partial charge in [0.15, 0.2) is 17.4 Å². The van der Waals surface area contributed by atoms with Gasteiger partial charge in [-0.05, 0) is 17.7 Å². The molecule has 1 aromatic heterocycles. The highest BCUT2D eigenvalue weighted by molar-refractivity contribution is 5.64. The molecule has 0 atom stereocenters. The second kappa shape index (κ2) is 4.29. The third kappa shape index (κ3) is 2.13. The molecule has 3 nitrogen and oxygen atoms in total. The van der Waals surface area contributed by atoms with Crippen LogP contribution in [-0.2, 0) is 0 Å². The molecular weight excluding hydrogens is 228 g/mol. The van der Waals surface area contributed by atoms with E-state index in [0.29, 0.717) is 0 Å². The molecule has 0 bridgehead atoms. The second-order valence-corrected chi connectivity index (χ2v) is 3.36. The molecule has 0 amide bonds. The summed E-state index contributed by atoms with van der Waals surface area (Å²) in [6, 6.07) is 4.94. The molecule has 0 aliphatic heterocycles. The summed E-state index contributed by atoms with van der Waals surface area (Å²) in [5.74, 6) is -2.69. The van der Waals surface area contributed by atoms with E-state index in [4.69, 9.17) is 0 Å². The Morgan fingerprint density at radius 1 is 1.18 bits per heavy atom. The SMILES string of the molecule is O=c1cccc(-c2cncc(F)c2F)cc1O. The van der Waals surface area contributed by atoms with E-state index >= 15 is 0 Å². The molecule has 86 valence electrons. The Morgan fingerprint density at radius 2 is 1.94 bits per heavy atom. The van der Waals surface area contributed by atoms with Crippen LogP contribution in [0.25, 0.3) is 11.1 Å². The molecule has 1 heterocycles. The zero-order valence-electron chi connectivity index (χ0n) is 8.52. The molecule has 0 saturated carbocycles. The van der Waals surface area contributed by atoms with E-state index in [1.165, 1.54) is 12.1 Å². The number of halogens is 2. The molecule has 17 heavy (non-hydrogen) atoms. The van der Waals surface area contributed by atoms with Crippen LogP contribution >= 0.6 is 0 Å². The summed E-state index contributed by atoms with van der Waals surface area (Å²) in [5.41, 5.74) is -0.536. The predicted molar refractivity (Wildman–Crippen MR) is 57.5 cm³/mol. The van der Waals surface area contributed by atoms with Crippen LogP contribution in [-0.4, -0.2) is 10.1 Å². The average Bonchev–Trinajstić information content (AvgIpc) is 2.46. The third-order valence-electron chi connectivity index (χ3n) is 2.22. The van der Waals surface area contributed by atoms with E-state index in [0.717, 1.165) is 24.5 Å². The van der Waals surface area contributed by atoms with Crippen molar-refractivity contribution in [1.29, 1.82) is 0 Å². The van der Waals surface area contributed by atoms with Gasteiger partial charge in [0, 0.05) is 11.8 Å². The molecule has 0 fully saturated rings. The van der Waals surface area contributed by atoms with Crippen LogP contribution in [0.15, 0.2) is 41.5 Å². The molecule has 0 aliphatic carbocycles. The van der Waals surface area contributed by atoms with Crippen molar-refractivity contribution in [2.45, 2.75) is 0 Å². The summed E-state index contributed by atoms with van der Waals surface area (Å²) in [6.45, 7) is 0. The monoisotopic (exact) mass is 235 g/mol. The fourth-order valence-electron chi connectivity index (χ4n) is 1.38. The number of nitrogens with zero attached hydrogens (tertiary/aromatic N) is 1. The lowest BCUT2D eigenvalue weighted by Crippen LogP contribution is -1.92. The van der Waals surface area contributed by atoms with E-state index in [9.17, 15) is 18.7 Å². The Morgan fingerprint density at radius 3 is 2.71 bits per heavy atom. The van der Waals surface area contributed by atoms with Crippen molar-refractivity contribution in [3.63, 3.8) is 0 Å². The third-order valence-corrected chi connectivity index (χ3v) is 2.22. The Labute approximate surface area is 95.0 Å². The molecule has 2 aromatic rings. The molecular formula is C12H7F2NO2. The number of pyridine rings is 1. The van der Waals surface area contributed by atoms with Crippen LogP contribution in [0.5, 0.6) is 5.75 Å². The maximum absolute atomic E-state index is 13.5. The maximum atomic E-state index is 13.5. The van der Waals surface area contributed by atoms with Crippen molar-refractivity contribution < 1.29 is 13.9 Å². The van der Waals surface area contributed by atoms with Crippen molar-refractivity contribution in [3.8, 4) is 16.9 Å². The lowest BCUT2D eigenvalue weighted by atomic mass is 10.1. The molecule has 5 heteroatoms. The van der Waals surface area contributed by atoms with Crippen molar-refractivity contribution >= 4 is 0 Å². The topological polar surface area (TPSA) is 50.2 Å². The first-order valence-electron chi connectivity index (χ1n) is 4.72. The minimum Gasteiger partial charge on any atom is -0.504 e. The zero-order valence-corrected chi connectivity index (χ0v) is 8.52. The summed E-state index contributed by atoms with van der Waals surface area (Å²) in [6.07, 6.45) is 1.87. The zero-order chi connectivity index (χ0) is 12.4. The van der Waals surface area contributed by atoms with Crippen LogP contribution in [0.1, 0.15) is 0 Å². The molecule has 0 unspecified atom stereocenters. The number of hydrogen-bond acceptors (Lipinski definition) is 3. The molecule has 2 rings (SSSR count).